The molecule has 3 N–H and O–H groups in total. The minimum absolute atomic E-state index is 0.226. The van der Waals surface area contributed by atoms with E-state index in [-0.39, 0.29) is 10.9 Å². The van der Waals surface area contributed by atoms with Gasteiger partial charge in [-0.3, -0.25) is 4.79 Å². The van der Waals surface area contributed by atoms with Crippen molar-refractivity contribution in [1.82, 2.24) is 0 Å². The summed E-state index contributed by atoms with van der Waals surface area (Å²) in [7, 11) is 0. The highest BCUT2D eigenvalue weighted by molar-refractivity contribution is 7.80. The molecule has 0 aliphatic rings. The average Bonchev–Trinajstić information content (AvgIpc) is 2.41. The molecule has 0 fully saturated rings. The van der Waals surface area contributed by atoms with Gasteiger partial charge in [-0.15, -0.1) is 0 Å². The fourth-order valence-electron chi connectivity index (χ4n) is 1.76. The number of carbonyl (C=O) groups is 1. The first kappa shape index (κ1) is 14.5. The summed E-state index contributed by atoms with van der Waals surface area (Å²) in [6.45, 7) is 1.93. The predicted molar refractivity (Wildman–Crippen MR) is 86.5 cm³/mol. The molecule has 2 aromatic carbocycles. The fourth-order valence-corrected chi connectivity index (χ4v) is 2.05. The lowest BCUT2D eigenvalue weighted by Gasteiger charge is -2.09. The second-order valence-corrected chi connectivity index (χ2v) is 5.23. The minimum Gasteiger partial charge on any atom is -0.389 e. The molecular formula is C15H13ClN2OS. The van der Waals surface area contributed by atoms with Crippen LogP contribution in [0.15, 0.2) is 42.5 Å². The topological polar surface area (TPSA) is 55.1 Å². The summed E-state index contributed by atoms with van der Waals surface area (Å²) in [4.78, 5) is 12.4. The van der Waals surface area contributed by atoms with Gasteiger partial charge in [0.15, 0.2) is 0 Å². The Morgan fingerprint density at radius 2 is 1.95 bits per heavy atom. The third kappa shape index (κ3) is 3.35. The third-order valence-electron chi connectivity index (χ3n) is 2.78. The second-order valence-electron chi connectivity index (χ2n) is 4.38. The van der Waals surface area contributed by atoms with E-state index in [9.17, 15) is 4.79 Å². The number of carbonyl (C=O) groups excluding carboxylic acids is 1. The summed E-state index contributed by atoms with van der Waals surface area (Å²) in [5.74, 6) is -0.226. The van der Waals surface area contributed by atoms with Crippen molar-refractivity contribution < 1.29 is 4.79 Å². The zero-order valence-electron chi connectivity index (χ0n) is 10.8. The number of benzene rings is 2. The van der Waals surface area contributed by atoms with E-state index < -0.39 is 0 Å². The van der Waals surface area contributed by atoms with Gasteiger partial charge in [-0.1, -0.05) is 47.6 Å². The fraction of sp³-hybridized carbons (Fsp3) is 0.0667. The van der Waals surface area contributed by atoms with E-state index in [0.29, 0.717) is 21.8 Å². The Morgan fingerprint density at radius 3 is 2.60 bits per heavy atom. The monoisotopic (exact) mass is 304 g/mol. The number of amides is 1. The van der Waals surface area contributed by atoms with Crippen molar-refractivity contribution >= 4 is 40.4 Å². The molecule has 0 bridgehead atoms. The van der Waals surface area contributed by atoms with Crippen molar-refractivity contribution in [2.45, 2.75) is 6.92 Å². The molecule has 20 heavy (non-hydrogen) atoms. The van der Waals surface area contributed by atoms with Crippen LogP contribution in [0.5, 0.6) is 0 Å². The summed E-state index contributed by atoms with van der Waals surface area (Å²) in [6.07, 6.45) is 0. The largest absolute Gasteiger partial charge is 0.389 e. The molecule has 0 saturated carbocycles. The number of anilines is 1. The lowest BCUT2D eigenvalue weighted by atomic mass is 10.1. The number of hydrogen-bond acceptors (Lipinski definition) is 2. The highest BCUT2D eigenvalue weighted by Crippen LogP contribution is 2.23. The van der Waals surface area contributed by atoms with E-state index >= 15 is 0 Å². The summed E-state index contributed by atoms with van der Waals surface area (Å²) in [5, 5.41) is 3.20. The first-order valence-electron chi connectivity index (χ1n) is 5.95. The van der Waals surface area contributed by atoms with Crippen molar-refractivity contribution in [1.29, 1.82) is 0 Å². The zero-order chi connectivity index (χ0) is 14.7. The number of nitrogens with one attached hydrogen (secondary N) is 1. The lowest BCUT2D eigenvalue weighted by Crippen LogP contribution is -2.14. The van der Waals surface area contributed by atoms with E-state index in [1.165, 1.54) is 0 Å². The maximum Gasteiger partial charge on any atom is 0.255 e. The van der Waals surface area contributed by atoms with Crippen LogP contribution >= 0.6 is 23.8 Å². The molecule has 0 aliphatic heterocycles. The molecule has 5 heteroatoms. The van der Waals surface area contributed by atoms with Crippen LogP contribution < -0.4 is 11.1 Å². The Labute approximate surface area is 127 Å². The highest BCUT2D eigenvalue weighted by atomic mass is 35.5. The van der Waals surface area contributed by atoms with Crippen LogP contribution in [0.1, 0.15) is 21.5 Å². The van der Waals surface area contributed by atoms with Gasteiger partial charge in [-0.2, -0.15) is 0 Å². The number of aryl methyl sites for hydroxylation is 1. The van der Waals surface area contributed by atoms with E-state index in [1.807, 2.05) is 19.1 Å². The van der Waals surface area contributed by atoms with E-state index in [2.05, 4.69) is 5.32 Å². The maximum atomic E-state index is 12.2. The molecule has 2 aromatic rings. The summed E-state index contributed by atoms with van der Waals surface area (Å²) < 4.78 is 0. The van der Waals surface area contributed by atoms with Crippen LogP contribution in [-0.2, 0) is 0 Å². The molecule has 0 spiro atoms. The van der Waals surface area contributed by atoms with Gasteiger partial charge in [0, 0.05) is 11.1 Å². The van der Waals surface area contributed by atoms with Crippen LogP contribution in [0.3, 0.4) is 0 Å². The van der Waals surface area contributed by atoms with Crippen LogP contribution in [0.4, 0.5) is 5.69 Å². The summed E-state index contributed by atoms with van der Waals surface area (Å²) >= 11 is 11.0. The van der Waals surface area contributed by atoms with Gasteiger partial charge < -0.3 is 11.1 Å². The van der Waals surface area contributed by atoms with E-state index in [1.54, 1.807) is 30.3 Å². The highest BCUT2D eigenvalue weighted by Gasteiger charge is 2.10. The van der Waals surface area contributed by atoms with Crippen LogP contribution in [-0.4, -0.2) is 10.9 Å². The van der Waals surface area contributed by atoms with Crippen molar-refractivity contribution in [3.63, 3.8) is 0 Å². The number of hydrogen-bond donors (Lipinski definition) is 2. The molecule has 3 nitrogen and oxygen atoms in total. The van der Waals surface area contributed by atoms with E-state index in [4.69, 9.17) is 29.6 Å². The minimum atomic E-state index is -0.226. The quantitative estimate of drug-likeness (QED) is 0.853. The number of rotatable bonds is 3. The molecule has 0 atom stereocenters. The summed E-state index contributed by atoms with van der Waals surface area (Å²) in [6, 6.07) is 12.3. The number of nitrogens with two attached hydrogens (primary N) is 1. The van der Waals surface area contributed by atoms with Gasteiger partial charge >= 0.3 is 0 Å². The molecule has 0 unspecified atom stereocenters. The molecule has 0 heterocycles. The van der Waals surface area contributed by atoms with Gasteiger partial charge in [0.05, 0.1) is 10.7 Å². The molecule has 0 aliphatic carbocycles. The SMILES string of the molecule is Cc1cccc(C(=O)Nc2cc(C(N)=S)ccc2Cl)c1. The first-order valence-corrected chi connectivity index (χ1v) is 6.73. The van der Waals surface area contributed by atoms with Gasteiger partial charge in [0.2, 0.25) is 0 Å². The van der Waals surface area contributed by atoms with Crippen molar-refractivity contribution in [2.75, 3.05) is 5.32 Å². The van der Waals surface area contributed by atoms with Crippen LogP contribution in [0, 0.1) is 6.92 Å². The molecule has 2 rings (SSSR count). The van der Waals surface area contributed by atoms with Crippen molar-refractivity contribution in [3.8, 4) is 0 Å². The van der Waals surface area contributed by atoms with Crippen LogP contribution in [0.25, 0.3) is 0 Å². The Balaban J connectivity index is 2.27. The second kappa shape index (κ2) is 6.03. The molecule has 0 radical (unpaired) electrons. The van der Waals surface area contributed by atoms with Crippen molar-refractivity contribution in [3.05, 3.63) is 64.2 Å². The van der Waals surface area contributed by atoms with Crippen LogP contribution in [0.2, 0.25) is 5.02 Å². The number of halogens is 1. The molecule has 0 saturated heterocycles. The van der Waals surface area contributed by atoms with Gasteiger partial charge in [0.25, 0.3) is 5.91 Å². The molecular weight excluding hydrogens is 292 g/mol. The van der Waals surface area contributed by atoms with Gasteiger partial charge in [-0.25, -0.2) is 0 Å². The Kier molecular flexibility index (Phi) is 4.37. The smallest absolute Gasteiger partial charge is 0.255 e. The van der Waals surface area contributed by atoms with E-state index in [0.717, 1.165) is 5.56 Å². The standard InChI is InChI=1S/C15H13ClN2OS/c1-9-3-2-4-11(7-9)15(19)18-13-8-10(14(17)20)5-6-12(13)16/h2-8H,1H3,(H2,17,20)(H,18,19). The Morgan fingerprint density at radius 1 is 1.20 bits per heavy atom. The van der Waals surface area contributed by atoms with Gasteiger partial charge in [0.1, 0.15) is 4.99 Å². The zero-order valence-corrected chi connectivity index (χ0v) is 12.4. The Hall–Kier alpha value is -1.91. The van der Waals surface area contributed by atoms with Gasteiger partial charge in [-0.05, 0) is 31.2 Å². The van der Waals surface area contributed by atoms with Crippen molar-refractivity contribution in [2.24, 2.45) is 5.73 Å². The Bertz CT molecular complexity index is 685. The molecule has 0 aromatic heterocycles. The maximum absolute atomic E-state index is 12.2. The normalized spacial score (nSPS) is 10.1. The lowest BCUT2D eigenvalue weighted by molar-refractivity contribution is 0.102. The molecule has 1 amide bonds. The first-order chi connectivity index (χ1) is 9.47. The molecule has 102 valence electrons. The number of thiocarbonyl (C=S) groups is 1. The third-order valence-corrected chi connectivity index (χ3v) is 3.34. The summed E-state index contributed by atoms with van der Waals surface area (Å²) in [5.41, 5.74) is 8.30. The predicted octanol–water partition coefficient (Wildman–Crippen LogP) is 3.53. The average molecular weight is 305 g/mol.